The van der Waals surface area contributed by atoms with E-state index in [4.69, 9.17) is 11.6 Å². The van der Waals surface area contributed by atoms with Gasteiger partial charge in [-0.2, -0.15) is 5.10 Å². The molecule has 0 saturated carbocycles. The molecule has 4 rings (SSSR count). The predicted octanol–water partition coefficient (Wildman–Crippen LogP) is 4.71. The van der Waals surface area contributed by atoms with Crippen molar-refractivity contribution in [2.24, 2.45) is 7.05 Å². The van der Waals surface area contributed by atoms with Crippen molar-refractivity contribution >= 4 is 40.1 Å². The van der Waals surface area contributed by atoms with E-state index in [-0.39, 0.29) is 5.91 Å². The Morgan fingerprint density at radius 2 is 2.00 bits per heavy atom. The number of aryl methyl sites for hydroxylation is 3. The maximum absolute atomic E-state index is 12.5. The Morgan fingerprint density at radius 1 is 1.23 bits per heavy atom. The molecule has 0 aliphatic rings. The van der Waals surface area contributed by atoms with Crippen LogP contribution >= 0.6 is 22.9 Å². The van der Waals surface area contributed by atoms with Crippen molar-refractivity contribution in [3.8, 4) is 10.7 Å². The molecule has 0 aliphatic heterocycles. The van der Waals surface area contributed by atoms with E-state index < -0.39 is 0 Å². The summed E-state index contributed by atoms with van der Waals surface area (Å²) in [6, 6.07) is 9.96. The highest BCUT2D eigenvalue weighted by Gasteiger charge is 2.15. The lowest BCUT2D eigenvalue weighted by molar-refractivity contribution is -0.111. The Hall–Kier alpha value is -3.23. The summed E-state index contributed by atoms with van der Waals surface area (Å²) in [6.07, 6.45) is 6.74. The number of carbonyl (C=O) groups excluding carboxylic acids is 1. The number of hydrogen-bond acceptors (Lipinski definition) is 5. The van der Waals surface area contributed by atoms with Gasteiger partial charge in [0.25, 0.3) is 0 Å². The summed E-state index contributed by atoms with van der Waals surface area (Å²) in [6.45, 7) is 4.33. The van der Waals surface area contributed by atoms with Crippen molar-refractivity contribution in [2.45, 2.75) is 20.4 Å². The third kappa shape index (κ3) is 4.60. The van der Waals surface area contributed by atoms with E-state index in [0.29, 0.717) is 16.8 Å². The molecule has 0 unspecified atom stereocenters. The van der Waals surface area contributed by atoms with E-state index in [1.165, 1.54) is 17.4 Å². The monoisotopic (exact) mass is 452 g/mol. The Kier molecular flexibility index (Phi) is 6.01. The lowest BCUT2D eigenvalue weighted by atomic mass is 10.2. The van der Waals surface area contributed by atoms with Crippen molar-refractivity contribution in [2.75, 3.05) is 5.32 Å². The van der Waals surface area contributed by atoms with E-state index >= 15 is 0 Å². The van der Waals surface area contributed by atoms with E-state index in [1.54, 1.807) is 17.0 Å². The highest BCUT2D eigenvalue weighted by molar-refractivity contribution is 7.19. The molecule has 1 amide bonds. The minimum absolute atomic E-state index is 0.286. The van der Waals surface area contributed by atoms with E-state index in [9.17, 15) is 4.79 Å². The number of hydrogen-bond donors (Lipinski definition) is 1. The molecule has 3 aromatic heterocycles. The summed E-state index contributed by atoms with van der Waals surface area (Å²) in [5.74, 6) is 0.533. The Morgan fingerprint density at radius 3 is 2.71 bits per heavy atom. The molecule has 158 valence electrons. The van der Waals surface area contributed by atoms with Crippen LogP contribution in [0.2, 0.25) is 5.15 Å². The normalized spacial score (nSPS) is 11.4. The first kappa shape index (κ1) is 21.0. The molecular weight excluding hydrogens is 432 g/mol. The van der Waals surface area contributed by atoms with Gasteiger partial charge < -0.3 is 4.57 Å². The van der Waals surface area contributed by atoms with Gasteiger partial charge in [-0.15, -0.1) is 0 Å². The first-order valence-corrected chi connectivity index (χ1v) is 10.8. The minimum Gasteiger partial charge on any atom is -0.333 e. The third-order valence-electron chi connectivity index (χ3n) is 4.74. The number of amides is 1. The van der Waals surface area contributed by atoms with Crippen LogP contribution in [0.5, 0.6) is 0 Å². The fraction of sp³-hybridized carbons (Fsp3) is 0.182. The molecule has 3 heterocycles. The number of carbonyl (C=O) groups is 1. The maximum Gasteiger partial charge on any atom is 0.250 e. The molecule has 0 atom stereocenters. The fourth-order valence-electron chi connectivity index (χ4n) is 3.17. The van der Waals surface area contributed by atoms with Crippen LogP contribution in [0.4, 0.5) is 5.13 Å². The summed E-state index contributed by atoms with van der Waals surface area (Å²) >= 11 is 7.91. The molecular formula is C22H21ClN6OS. The molecule has 0 fully saturated rings. The highest BCUT2D eigenvalue weighted by atomic mass is 35.5. The van der Waals surface area contributed by atoms with Crippen molar-refractivity contribution < 1.29 is 4.79 Å². The summed E-state index contributed by atoms with van der Waals surface area (Å²) in [4.78, 5) is 22.2. The molecule has 7 nitrogen and oxygen atoms in total. The summed E-state index contributed by atoms with van der Waals surface area (Å²) in [5, 5.41) is 8.33. The third-order valence-corrected chi connectivity index (χ3v) is 6.20. The summed E-state index contributed by atoms with van der Waals surface area (Å²) < 4.78 is 3.65. The Bertz CT molecular complexity index is 1250. The van der Waals surface area contributed by atoms with Gasteiger partial charge in [-0.05, 0) is 25.5 Å². The first-order valence-electron chi connectivity index (χ1n) is 9.63. The van der Waals surface area contributed by atoms with Crippen molar-refractivity contribution in [3.63, 3.8) is 0 Å². The number of thiazole rings is 1. The van der Waals surface area contributed by atoms with E-state index in [0.717, 1.165) is 33.2 Å². The van der Waals surface area contributed by atoms with Crippen LogP contribution in [0, 0.1) is 13.8 Å². The number of anilines is 1. The molecule has 31 heavy (non-hydrogen) atoms. The SMILES string of the molecule is Cc1nc(NC(=O)/C=C/c2c(C)nn(Cc3ccccc3)c2Cl)sc1-c1nccn1C. The molecule has 9 heteroatoms. The zero-order chi connectivity index (χ0) is 22.0. The van der Waals surface area contributed by atoms with Crippen LogP contribution in [0.15, 0.2) is 48.8 Å². The highest BCUT2D eigenvalue weighted by Crippen LogP contribution is 2.31. The Balaban J connectivity index is 1.47. The second kappa shape index (κ2) is 8.87. The second-order valence-electron chi connectivity index (χ2n) is 7.05. The molecule has 0 saturated heterocycles. The number of rotatable bonds is 6. The average molecular weight is 453 g/mol. The zero-order valence-corrected chi connectivity index (χ0v) is 18.9. The molecule has 4 aromatic rings. The predicted molar refractivity (Wildman–Crippen MR) is 124 cm³/mol. The maximum atomic E-state index is 12.5. The van der Waals surface area contributed by atoms with Gasteiger partial charge in [0.15, 0.2) is 11.0 Å². The van der Waals surface area contributed by atoms with E-state index in [1.807, 2.05) is 62.0 Å². The van der Waals surface area contributed by atoms with E-state index in [2.05, 4.69) is 20.4 Å². The smallest absolute Gasteiger partial charge is 0.250 e. The number of nitrogens with one attached hydrogen (secondary N) is 1. The quantitative estimate of drug-likeness (QED) is 0.430. The van der Waals surface area contributed by atoms with Gasteiger partial charge in [-0.25, -0.2) is 14.6 Å². The molecule has 0 aliphatic carbocycles. The summed E-state index contributed by atoms with van der Waals surface area (Å²) in [5.41, 5.74) is 3.39. The number of aromatic nitrogens is 5. The van der Waals surface area contributed by atoms with Crippen molar-refractivity contribution in [1.29, 1.82) is 0 Å². The molecule has 0 bridgehead atoms. The van der Waals surface area contributed by atoms with Gasteiger partial charge in [0.1, 0.15) is 5.15 Å². The zero-order valence-electron chi connectivity index (χ0n) is 17.3. The van der Waals surface area contributed by atoms with Crippen LogP contribution in [0.3, 0.4) is 0 Å². The van der Waals surface area contributed by atoms with Crippen molar-refractivity contribution in [3.05, 3.63) is 76.5 Å². The number of halogens is 1. The van der Waals surface area contributed by atoms with Crippen LogP contribution in [0.25, 0.3) is 16.8 Å². The van der Waals surface area contributed by atoms with Gasteiger partial charge in [-0.3, -0.25) is 10.1 Å². The van der Waals surface area contributed by atoms with Gasteiger partial charge in [0, 0.05) is 31.1 Å². The molecule has 0 radical (unpaired) electrons. The van der Waals surface area contributed by atoms with Crippen LogP contribution in [0.1, 0.15) is 22.5 Å². The lowest BCUT2D eigenvalue weighted by Gasteiger charge is -2.03. The van der Waals surface area contributed by atoms with Crippen LogP contribution < -0.4 is 5.32 Å². The molecule has 1 aromatic carbocycles. The average Bonchev–Trinajstić information content (AvgIpc) is 3.39. The van der Waals surface area contributed by atoms with Gasteiger partial charge in [0.05, 0.1) is 22.8 Å². The fourth-order valence-corrected chi connectivity index (χ4v) is 4.47. The molecule has 1 N–H and O–H groups in total. The summed E-state index contributed by atoms with van der Waals surface area (Å²) in [7, 11) is 1.92. The van der Waals surface area contributed by atoms with Gasteiger partial charge >= 0.3 is 0 Å². The molecule has 0 spiro atoms. The number of imidazole rings is 1. The second-order valence-corrected chi connectivity index (χ2v) is 8.41. The topological polar surface area (TPSA) is 77.6 Å². The van der Waals surface area contributed by atoms with Gasteiger partial charge in [0.2, 0.25) is 5.91 Å². The van der Waals surface area contributed by atoms with Crippen LogP contribution in [-0.4, -0.2) is 30.2 Å². The standard InChI is InChI=1S/C22H21ClN6OS/c1-14-17(20(23)29(27-14)13-16-7-5-4-6-8-16)9-10-18(30)26-22-25-15(2)19(31-22)21-24-11-12-28(21)3/h4-12H,13H2,1-3H3,(H,25,26,30)/b10-9+. The van der Waals surface area contributed by atoms with Gasteiger partial charge in [-0.1, -0.05) is 53.3 Å². The Labute approximate surface area is 189 Å². The van der Waals surface area contributed by atoms with Crippen LogP contribution in [-0.2, 0) is 18.4 Å². The first-order chi connectivity index (χ1) is 14.9. The number of benzene rings is 1. The minimum atomic E-state index is -0.286. The lowest BCUT2D eigenvalue weighted by Crippen LogP contribution is -2.07. The largest absolute Gasteiger partial charge is 0.333 e. The van der Waals surface area contributed by atoms with Crippen molar-refractivity contribution in [1.82, 2.24) is 24.3 Å². The number of nitrogens with zero attached hydrogens (tertiary/aromatic N) is 5.